The molecule has 0 unspecified atom stereocenters. The van der Waals surface area contributed by atoms with Gasteiger partial charge < -0.3 is 5.73 Å². The Bertz CT molecular complexity index is 529. The number of nitrogens with zero attached hydrogens (tertiary/aromatic N) is 1. The van der Waals surface area contributed by atoms with Gasteiger partial charge in [-0.3, -0.25) is 0 Å². The van der Waals surface area contributed by atoms with E-state index in [-0.39, 0.29) is 5.82 Å². The highest BCUT2D eigenvalue weighted by atomic mass is 79.9. The molecule has 2 nitrogen and oxygen atoms in total. The first-order valence-corrected chi connectivity index (χ1v) is 6.09. The molecule has 1 aromatic heterocycles. The molecule has 0 radical (unpaired) electrons. The number of halogens is 2. The molecule has 17 heavy (non-hydrogen) atoms. The molecule has 0 saturated carbocycles. The molecule has 4 heteroatoms. The van der Waals surface area contributed by atoms with Crippen LogP contribution in [-0.2, 0) is 12.8 Å². The van der Waals surface area contributed by atoms with Gasteiger partial charge in [0.05, 0.1) is 0 Å². The van der Waals surface area contributed by atoms with Gasteiger partial charge in [0.15, 0.2) is 0 Å². The van der Waals surface area contributed by atoms with Gasteiger partial charge in [-0.05, 0) is 48.2 Å². The van der Waals surface area contributed by atoms with Crippen molar-refractivity contribution in [2.75, 3.05) is 5.73 Å². The molecule has 1 heterocycles. The molecule has 0 spiro atoms. The highest BCUT2D eigenvalue weighted by Crippen LogP contribution is 2.18. The highest BCUT2D eigenvalue weighted by molar-refractivity contribution is 9.10. The number of aromatic nitrogens is 1. The zero-order valence-corrected chi connectivity index (χ0v) is 10.7. The molecule has 0 bridgehead atoms. The number of anilines is 1. The van der Waals surface area contributed by atoms with Crippen LogP contribution in [0, 0.1) is 5.82 Å². The fourth-order valence-corrected chi connectivity index (χ4v) is 2.07. The first-order valence-electron chi connectivity index (χ1n) is 5.30. The summed E-state index contributed by atoms with van der Waals surface area (Å²) < 4.78 is 14.4. The first kappa shape index (κ1) is 12.0. The average molecular weight is 295 g/mol. The molecule has 0 aliphatic heterocycles. The van der Waals surface area contributed by atoms with Crippen molar-refractivity contribution in [1.29, 1.82) is 0 Å². The number of nitrogens with two attached hydrogens (primary N) is 1. The van der Waals surface area contributed by atoms with E-state index in [2.05, 4.69) is 20.9 Å². The van der Waals surface area contributed by atoms with E-state index < -0.39 is 0 Å². The van der Waals surface area contributed by atoms with E-state index >= 15 is 0 Å². The van der Waals surface area contributed by atoms with Crippen molar-refractivity contribution in [3.63, 3.8) is 0 Å². The number of aryl methyl sites for hydroxylation is 2. The predicted molar refractivity (Wildman–Crippen MR) is 70.2 cm³/mol. The van der Waals surface area contributed by atoms with Crippen molar-refractivity contribution in [1.82, 2.24) is 4.98 Å². The lowest BCUT2D eigenvalue weighted by Crippen LogP contribution is -2.00. The van der Waals surface area contributed by atoms with E-state index in [1.165, 1.54) is 6.07 Å². The van der Waals surface area contributed by atoms with Crippen molar-refractivity contribution in [3.05, 3.63) is 57.9 Å². The fourth-order valence-electron chi connectivity index (χ4n) is 1.67. The van der Waals surface area contributed by atoms with Crippen molar-refractivity contribution >= 4 is 21.7 Å². The molecule has 2 rings (SSSR count). The van der Waals surface area contributed by atoms with Gasteiger partial charge >= 0.3 is 0 Å². The Labute approximate surface area is 108 Å². The molecule has 1 aromatic carbocycles. The van der Waals surface area contributed by atoms with Crippen LogP contribution in [0.2, 0.25) is 0 Å². The molecule has 0 amide bonds. The lowest BCUT2D eigenvalue weighted by molar-refractivity contribution is 0.608. The lowest BCUT2D eigenvalue weighted by Gasteiger charge is -2.06. The fraction of sp³-hybridized carbons (Fsp3) is 0.154. The minimum absolute atomic E-state index is 0.185. The SMILES string of the molecule is Nc1ncccc1CCc1cc(Br)ccc1F. The molecule has 0 saturated heterocycles. The first-order chi connectivity index (χ1) is 8.16. The molecule has 88 valence electrons. The van der Waals surface area contributed by atoms with Crippen LogP contribution in [0.3, 0.4) is 0 Å². The van der Waals surface area contributed by atoms with Crippen molar-refractivity contribution in [2.24, 2.45) is 0 Å². The monoisotopic (exact) mass is 294 g/mol. The zero-order chi connectivity index (χ0) is 12.3. The van der Waals surface area contributed by atoms with Gasteiger partial charge in [0.1, 0.15) is 11.6 Å². The third-order valence-corrected chi connectivity index (χ3v) is 3.09. The number of rotatable bonds is 3. The van der Waals surface area contributed by atoms with Crippen LogP contribution in [0.1, 0.15) is 11.1 Å². The van der Waals surface area contributed by atoms with Crippen molar-refractivity contribution in [2.45, 2.75) is 12.8 Å². The average Bonchev–Trinajstić information content (AvgIpc) is 2.32. The Morgan fingerprint density at radius 3 is 2.71 bits per heavy atom. The number of benzene rings is 1. The quantitative estimate of drug-likeness (QED) is 0.943. The second-order valence-electron chi connectivity index (χ2n) is 3.78. The third-order valence-electron chi connectivity index (χ3n) is 2.60. The summed E-state index contributed by atoms with van der Waals surface area (Å²) in [5.41, 5.74) is 7.37. The van der Waals surface area contributed by atoms with Crippen LogP contribution in [0.5, 0.6) is 0 Å². The maximum absolute atomic E-state index is 13.5. The molecule has 0 aliphatic carbocycles. The maximum atomic E-state index is 13.5. The van der Waals surface area contributed by atoms with Crippen LogP contribution in [-0.4, -0.2) is 4.98 Å². The summed E-state index contributed by atoms with van der Waals surface area (Å²) in [5.74, 6) is 0.332. The summed E-state index contributed by atoms with van der Waals surface area (Å²) >= 11 is 3.33. The summed E-state index contributed by atoms with van der Waals surface area (Å²) in [4.78, 5) is 4.01. The normalized spacial score (nSPS) is 10.5. The minimum Gasteiger partial charge on any atom is -0.383 e. The summed E-state index contributed by atoms with van der Waals surface area (Å²) in [7, 11) is 0. The van der Waals surface area contributed by atoms with Gasteiger partial charge in [-0.25, -0.2) is 9.37 Å². The van der Waals surface area contributed by atoms with Crippen LogP contribution < -0.4 is 5.73 Å². The largest absolute Gasteiger partial charge is 0.383 e. The minimum atomic E-state index is -0.185. The Balaban J connectivity index is 2.12. The van der Waals surface area contributed by atoms with Crippen LogP contribution in [0.25, 0.3) is 0 Å². The highest BCUT2D eigenvalue weighted by Gasteiger charge is 2.05. The topological polar surface area (TPSA) is 38.9 Å². The Kier molecular flexibility index (Phi) is 3.74. The molecule has 0 atom stereocenters. The predicted octanol–water partition coefficient (Wildman–Crippen LogP) is 3.35. The van der Waals surface area contributed by atoms with Gasteiger partial charge in [0.25, 0.3) is 0 Å². The Morgan fingerprint density at radius 1 is 1.18 bits per heavy atom. The van der Waals surface area contributed by atoms with E-state index in [4.69, 9.17) is 5.73 Å². The summed E-state index contributed by atoms with van der Waals surface area (Å²) in [6.45, 7) is 0. The molecular formula is C13H12BrFN2. The van der Waals surface area contributed by atoms with Crippen LogP contribution in [0.15, 0.2) is 41.0 Å². The van der Waals surface area contributed by atoms with Gasteiger partial charge in [-0.1, -0.05) is 22.0 Å². The van der Waals surface area contributed by atoms with E-state index in [9.17, 15) is 4.39 Å². The third kappa shape index (κ3) is 3.03. The Morgan fingerprint density at radius 2 is 1.94 bits per heavy atom. The molecular weight excluding hydrogens is 283 g/mol. The van der Waals surface area contributed by atoms with Crippen LogP contribution in [0.4, 0.5) is 10.2 Å². The Hall–Kier alpha value is -1.42. The summed E-state index contributed by atoms with van der Waals surface area (Å²) in [6, 6.07) is 8.70. The van der Waals surface area contributed by atoms with Gasteiger partial charge in [-0.2, -0.15) is 0 Å². The van der Waals surface area contributed by atoms with Crippen molar-refractivity contribution in [3.8, 4) is 0 Å². The summed E-state index contributed by atoms with van der Waals surface area (Å²) in [6.07, 6.45) is 2.95. The number of hydrogen-bond acceptors (Lipinski definition) is 2. The smallest absolute Gasteiger partial charge is 0.126 e. The number of pyridine rings is 1. The number of nitrogen functional groups attached to an aromatic ring is 1. The van der Waals surface area contributed by atoms with Crippen LogP contribution >= 0.6 is 15.9 Å². The zero-order valence-electron chi connectivity index (χ0n) is 9.16. The standard InChI is InChI=1S/C13H12BrFN2/c14-11-5-6-12(15)10(8-11)4-3-9-2-1-7-17-13(9)16/h1-2,5-8H,3-4H2,(H2,16,17). The van der Waals surface area contributed by atoms with Gasteiger partial charge in [0.2, 0.25) is 0 Å². The number of hydrogen-bond donors (Lipinski definition) is 1. The lowest BCUT2D eigenvalue weighted by atomic mass is 10.0. The van der Waals surface area contributed by atoms with Crippen molar-refractivity contribution < 1.29 is 4.39 Å². The molecule has 2 N–H and O–H groups in total. The second kappa shape index (κ2) is 5.27. The maximum Gasteiger partial charge on any atom is 0.126 e. The van der Waals surface area contributed by atoms with E-state index in [1.54, 1.807) is 18.3 Å². The van der Waals surface area contributed by atoms with E-state index in [0.717, 1.165) is 10.0 Å². The van der Waals surface area contributed by atoms with E-state index in [0.29, 0.717) is 24.2 Å². The van der Waals surface area contributed by atoms with E-state index in [1.807, 2.05) is 12.1 Å². The second-order valence-corrected chi connectivity index (χ2v) is 4.70. The van der Waals surface area contributed by atoms with Gasteiger partial charge in [0, 0.05) is 10.7 Å². The summed E-state index contributed by atoms with van der Waals surface area (Å²) in [5, 5.41) is 0. The van der Waals surface area contributed by atoms with Gasteiger partial charge in [-0.15, -0.1) is 0 Å². The molecule has 0 fully saturated rings. The molecule has 0 aliphatic rings. The molecule has 2 aromatic rings.